The van der Waals surface area contributed by atoms with E-state index in [9.17, 15) is 19.8 Å². The second-order valence-electron chi connectivity index (χ2n) is 11.2. The number of oxime groups is 1. The Morgan fingerprint density at radius 3 is 2.74 bits per heavy atom. The van der Waals surface area contributed by atoms with E-state index in [4.69, 9.17) is 4.84 Å². The first kappa shape index (κ1) is 25.5. The van der Waals surface area contributed by atoms with Gasteiger partial charge in [0.25, 0.3) is 5.91 Å². The molecule has 0 spiro atoms. The minimum absolute atomic E-state index is 0.101. The summed E-state index contributed by atoms with van der Waals surface area (Å²) in [6.07, 6.45) is 12.9. The summed E-state index contributed by atoms with van der Waals surface area (Å²) in [7, 11) is 0. The zero-order chi connectivity index (χ0) is 24.5. The summed E-state index contributed by atoms with van der Waals surface area (Å²) in [5, 5.41) is 26.6. The average molecular weight is 493 g/mol. The molecule has 0 unspecified atom stereocenters. The molecule has 0 aromatic heterocycles. The Kier molecular flexibility index (Phi) is 7.67. The van der Waals surface area contributed by atoms with E-state index in [2.05, 4.69) is 30.4 Å². The maximum atomic E-state index is 12.1. The molecule has 0 aromatic rings. The predicted octanol–water partition coefficient (Wildman–Crippen LogP) is 4.01. The minimum Gasteiger partial charge on any atom is -0.480 e. The van der Waals surface area contributed by atoms with Gasteiger partial charge in [0, 0.05) is 0 Å². The molecule has 3 N–H and O–H groups in total. The Labute approximate surface area is 207 Å². The summed E-state index contributed by atoms with van der Waals surface area (Å²) < 4.78 is 0. The van der Waals surface area contributed by atoms with Crippen LogP contribution in [0.4, 0.5) is 0 Å². The fourth-order valence-corrected chi connectivity index (χ4v) is 7.99. The average Bonchev–Trinajstić information content (AvgIpc) is 3.11. The smallest absolute Gasteiger partial charge is 0.326 e. The van der Waals surface area contributed by atoms with Crippen molar-refractivity contribution in [2.75, 3.05) is 18.6 Å². The molecule has 8 heteroatoms. The highest BCUT2D eigenvalue weighted by molar-refractivity contribution is 7.98. The van der Waals surface area contributed by atoms with Crippen molar-refractivity contribution in [2.24, 2.45) is 33.7 Å². The van der Waals surface area contributed by atoms with Gasteiger partial charge in [0.2, 0.25) is 0 Å². The van der Waals surface area contributed by atoms with Crippen LogP contribution >= 0.6 is 11.8 Å². The number of aliphatic carboxylic acids is 1. The molecule has 0 heterocycles. The number of allylic oxidation sites excluding steroid dienone is 2. The van der Waals surface area contributed by atoms with Crippen molar-refractivity contribution < 1.29 is 24.6 Å². The highest BCUT2D eigenvalue weighted by Crippen LogP contribution is 2.65. The van der Waals surface area contributed by atoms with Crippen LogP contribution in [-0.4, -0.2) is 58.6 Å². The molecule has 190 valence electrons. The molecule has 0 bridgehead atoms. The molecule has 0 aliphatic heterocycles. The molecule has 4 aliphatic rings. The highest BCUT2D eigenvalue weighted by Gasteiger charge is 2.58. The first-order valence-corrected chi connectivity index (χ1v) is 14.2. The van der Waals surface area contributed by atoms with Crippen molar-refractivity contribution >= 4 is 29.4 Å². The van der Waals surface area contributed by atoms with Crippen LogP contribution in [-0.2, 0) is 14.4 Å². The van der Waals surface area contributed by atoms with Crippen LogP contribution in [0.25, 0.3) is 0 Å². The van der Waals surface area contributed by atoms with E-state index in [0.29, 0.717) is 29.9 Å². The van der Waals surface area contributed by atoms with Gasteiger partial charge < -0.3 is 20.4 Å². The van der Waals surface area contributed by atoms with E-state index in [1.807, 2.05) is 6.26 Å². The van der Waals surface area contributed by atoms with E-state index in [1.165, 1.54) is 18.4 Å². The van der Waals surface area contributed by atoms with E-state index in [0.717, 1.165) is 44.2 Å². The first-order valence-electron chi connectivity index (χ1n) is 12.8. The van der Waals surface area contributed by atoms with Crippen molar-refractivity contribution in [2.45, 2.75) is 83.8 Å². The SMILES string of the molecule is CSCC[C@@H](NC(=O)CO/N=C1/C=C2CC[C@H]3[C@@H]4CC[C@H](O)[C@@]4(C)CC[C@@H]3[C@@]2(C)CC1)C(=O)O. The molecule has 4 aliphatic carbocycles. The van der Waals surface area contributed by atoms with Crippen LogP contribution in [0.5, 0.6) is 0 Å². The predicted molar refractivity (Wildman–Crippen MR) is 134 cm³/mol. The van der Waals surface area contributed by atoms with Gasteiger partial charge in [-0.25, -0.2) is 4.79 Å². The molecule has 3 fully saturated rings. The van der Waals surface area contributed by atoms with Gasteiger partial charge in [0.15, 0.2) is 6.61 Å². The third-order valence-corrected chi connectivity index (χ3v) is 10.2. The van der Waals surface area contributed by atoms with Crippen molar-refractivity contribution in [3.63, 3.8) is 0 Å². The number of carboxylic acid groups (broad SMARTS) is 1. The number of aliphatic hydroxyl groups is 1. The number of carbonyl (C=O) groups is 2. The third-order valence-electron chi connectivity index (χ3n) is 9.55. The summed E-state index contributed by atoms with van der Waals surface area (Å²) in [5.41, 5.74) is 2.61. The molecule has 0 saturated heterocycles. The van der Waals surface area contributed by atoms with Crippen LogP contribution in [0.1, 0.15) is 71.6 Å². The number of nitrogens with zero attached hydrogens (tertiary/aromatic N) is 1. The normalized spacial score (nSPS) is 38.8. The number of hydrogen-bond acceptors (Lipinski definition) is 6. The van der Waals surface area contributed by atoms with Gasteiger partial charge in [-0.05, 0) is 104 Å². The zero-order valence-electron chi connectivity index (χ0n) is 20.7. The summed E-state index contributed by atoms with van der Waals surface area (Å²) in [6, 6.07) is -0.901. The summed E-state index contributed by atoms with van der Waals surface area (Å²) >= 11 is 1.55. The number of hydrogen-bond donors (Lipinski definition) is 3. The molecule has 3 saturated carbocycles. The first-order chi connectivity index (χ1) is 16.2. The quantitative estimate of drug-likeness (QED) is 0.442. The Hall–Kier alpha value is -1.54. The van der Waals surface area contributed by atoms with Crippen LogP contribution in [0, 0.1) is 28.6 Å². The van der Waals surface area contributed by atoms with Crippen LogP contribution in [0.15, 0.2) is 16.8 Å². The second kappa shape index (κ2) is 10.2. The topological polar surface area (TPSA) is 108 Å². The molecular formula is C26H40N2O5S. The number of amides is 1. The van der Waals surface area contributed by atoms with Crippen LogP contribution in [0.3, 0.4) is 0 Å². The van der Waals surface area contributed by atoms with E-state index < -0.39 is 17.9 Å². The zero-order valence-corrected chi connectivity index (χ0v) is 21.5. The number of carboxylic acids is 1. The molecular weight excluding hydrogens is 452 g/mol. The van der Waals surface area contributed by atoms with E-state index in [1.54, 1.807) is 11.8 Å². The van der Waals surface area contributed by atoms with Crippen molar-refractivity contribution in [1.29, 1.82) is 0 Å². The maximum absolute atomic E-state index is 12.1. The fourth-order valence-electron chi connectivity index (χ4n) is 7.52. The van der Waals surface area contributed by atoms with Crippen molar-refractivity contribution in [1.82, 2.24) is 5.32 Å². The number of carbonyl (C=O) groups excluding carboxylic acids is 1. The molecule has 0 radical (unpaired) electrons. The van der Waals surface area contributed by atoms with Gasteiger partial charge in [-0.3, -0.25) is 4.79 Å². The number of nitrogens with one attached hydrogen (secondary N) is 1. The largest absolute Gasteiger partial charge is 0.480 e. The van der Waals surface area contributed by atoms with Gasteiger partial charge in [0.1, 0.15) is 6.04 Å². The van der Waals surface area contributed by atoms with Gasteiger partial charge in [0.05, 0.1) is 11.8 Å². The lowest BCUT2D eigenvalue weighted by molar-refractivity contribution is -0.142. The molecule has 1 amide bonds. The van der Waals surface area contributed by atoms with Gasteiger partial charge in [-0.1, -0.05) is 24.6 Å². The Morgan fingerprint density at radius 1 is 1.21 bits per heavy atom. The molecule has 7 atom stereocenters. The molecule has 7 nitrogen and oxygen atoms in total. The number of thioether (sulfide) groups is 1. The van der Waals surface area contributed by atoms with Crippen LogP contribution in [0.2, 0.25) is 0 Å². The summed E-state index contributed by atoms with van der Waals surface area (Å²) in [5.74, 6) is 1.17. The molecule has 0 aromatic carbocycles. The van der Waals surface area contributed by atoms with Crippen molar-refractivity contribution in [3.05, 3.63) is 11.6 Å². The van der Waals surface area contributed by atoms with Gasteiger partial charge >= 0.3 is 5.97 Å². The van der Waals surface area contributed by atoms with Gasteiger partial charge in [-0.2, -0.15) is 11.8 Å². The van der Waals surface area contributed by atoms with Crippen LogP contribution < -0.4 is 5.32 Å². The second-order valence-corrected chi connectivity index (χ2v) is 12.2. The van der Waals surface area contributed by atoms with E-state index in [-0.39, 0.29) is 23.5 Å². The Balaban J connectivity index is 1.36. The lowest BCUT2D eigenvalue weighted by Crippen LogP contribution is -2.51. The number of rotatable bonds is 8. The maximum Gasteiger partial charge on any atom is 0.326 e. The lowest BCUT2D eigenvalue weighted by Gasteiger charge is -2.57. The summed E-state index contributed by atoms with van der Waals surface area (Å²) in [6.45, 7) is 4.47. The van der Waals surface area contributed by atoms with Gasteiger partial charge in [-0.15, -0.1) is 0 Å². The third kappa shape index (κ3) is 4.77. The standard InChI is InChI=1S/C26H40N2O5S/c1-25-11-8-17(28-33-15-23(30)27-21(24(31)32)10-13-34-3)14-16(25)4-5-18-19-6-7-22(29)26(19,2)12-9-20(18)25/h14,18-22,29H,4-13,15H2,1-3H3,(H,27,30)(H,31,32)/b28-17+/t18-,19-,20-,21+,22-,25-,26-/m0/s1. The number of aliphatic hydroxyl groups excluding tert-OH is 1. The summed E-state index contributed by atoms with van der Waals surface area (Å²) in [4.78, 5) is 28.8. The Morgan fingerprint density at radius 2 is 2.00 bits per heavy atom. The molecule has 34 heavy (non-hydrogen) atoms. The minimum atomic E-state index is -1.03. The van der Waals surface area contributed by atoms with Crippen molar-refractivity contribution in [3.8, 4) is 0 Å². The highest BCUT2D eigenvalue weighted by atomic mass is 32.2. The molecule has 4 rings (SSSR count). The monoisotopic (exact) mass is 492 g/mol. The fraction of sp³-hybridized carbons (Fsp3) is 0.808. The number of fused-ring (bicyclic) bond motifs is 5. The Bertz CT molecular complexity index is 860. The van der Waals surface area contributed by atoms with E-state index >= 15 is 0 Å². The lowest BCUT2D eigenvalue weighted by atomic mass is 9.47.